The molecule has 2 aromatic rings. The van der Waals surface area contributed by atoms with Crippen molar-refractivity contribution in [2.45, 2.75) is 26.3 Å². The summed E-state index contributed by atoms with van der Waals surface area (Å²) in [5.74, 6) is 0. The minimum atomic E-state index is 0.108. The van der Waals surface area contributed by atoms with E-state index in [0.29, 0.717) is 0 Å². The maximum absolute atomic E-state index is 4.38. The van der Waals surface area contributed by atoms with Gasteiger partial charge in [-0.2, -0.15) is 0 Å². The van der Waals surface area contributed by atoms with Crippen molar-refractivity contribution < 1.29 is 0 Å². The molecule has 1 unspecified atom stereocenters. The molecule has 1 N–H and O–H groups in total. The van der Waals surface area contributed by atoms with Crippen LogP contribution in [-0.4, -0.2) is 21.5 Å². The number of aromatic nitrogens is 3. The maximum atomic E-state index is 4.38. The summed E-state index contributed by atoms with van der Waals surface area (Å²) in [6.07, 6.45) is 6.33. The van der Waals surface area contributed by atoms with Crippen LogP contribution in [0.15, 0.2) is 24.1 Å². The van der Waals surface area contributed by atoms with Gasteiger partial charge in [0.25, 0.3) is 0 Å². The van der Waals surface area contributed by atoms with Crippen LogP contribution >= 0.6 is 11.3 Å². The Labute approximate surface area is 105 Å². The second kappa shape index (κ2) is 5.84. The van der Waals surface area contributed by atoms with E-state index in [-0.39, 0.29) is 6.04 Å². The molecular formula is C12H16N4S. The van der Waals surface area contributed by atoms with Crippen LogP contribution in [0.1, 0.15) is 35.7 Å². The maximum Gasteiger partial charge on any atom is 0.0879 e. The minimum absolute atomic E-state index is 0.108. The van der Waals surface area contributed by atoms with Crippen molar-refractivity contribution in [2.75, 3.05) is 6.54 Å². The lowest BCUT2D eigenvalue weighted by molar-refractivity contribution is 0.588. The van der Waals surface area contributed by atoms with E-state index in [1.165, 1.54) is 4.88 Å². The molecule has 0 fully saturated rings. The lowest BCUT2D eigenvalue weighted by Crippen LogP contribution is -2.24. The Hall–Kier alpha value is -1.33. The van der Waals surface area contributed by atoms with Crippen LogP contribution in [0.5, 0.6) is 0 Å². The molecule has 0 aliphatic carbocycles. The third-order valence-electron chi connectivity index (χ3n) is 2.52. The quantitative estimate of drug-likeness (QED) is 0.882. The Bertz CT molecular complexity index is 455. The largest absolute Gasteiger partial charge is 0.304 e. The number of hydrogen-bond donors (Lipinski definition) is 1. The van der Waals surface area contributed by atoms with Crippen LogP contribution in [0, 0.1) is 6.92 Å². The van der Waals surface area contributed by atoms with Crippen LogP contribution in [-0.2, 0) is 0 Å². The number of nitrogens with zero attached hydrogens (tertiary/aromatic N) is 3. The normalized spacial score (nSPS) is 12.6. The summed E-state index contributed by atoms with van der Waals surface area (Å²) in [5.41, 5.74) is 3.89. The molecule has 90 valence electrons. The molecule has 4 nitrogen and oxygen atoms in total. The van der Waals surface area contributed by atoms with Gasteiger partial charge in [0.15, 0.2) is 0 Å². The Morgan fingerprint density at radius 1 is 1.35 bits per heavy atom. The molecule has 0 aliphatic rings. The van der Waals surface area contributed by atoms with Crippen molar-refractivity contribution in [1.29, 1.82) is 0 Å². The van der Waals surface area contributed by atoms with Gasteiger partial charge in [-0.25, -0.2) is 4.98 Å². The Kier molecular flexibility index (Phi) is 4.17. The highest BCUT2D eigenvalue weighted by molar-refractivity contribution is 7.09. The third-order valence-corrected chi connectivity index (χ3v) is 3.52. The fourth-order valence-corrected chi connectivity index (χ4v) is 2.56. The van der Waals surface area contributed by atoms with Gasteiger partial charge < -0.3 is 5.32 Å². The molecule has 5 heteroatoms. The lowest BCUT2D eigenvalue weighted by atomic mass is 10.1. The van der Waals surface area contributed by atoms with E-state index in [1.807, 2.05) is 18.6 Å². The summed E-state index contributed by atoms with van der Waals surface area (Å²) in [6, 6.07) is 0.108. The first-order valence-electron chi connectivity index (χ1n) is 5.72. The van der Waals surface area contributed by atoms with Crippen LogP contribution in [0.25, 0.3) is 0 Å². The average molecular weight is 248 g/mol. The van der Waals surface area contributed by atoms with E-state index in [0.717, 1.165) is 24.4 Å². The van der Waals surface area contributed by atoms with Gasteiger partial charge in [-0.1, -0.05) is 6.92 Å². The second-order valence-corrected chi connectivity index (χ2v) is 4.71. The summed E-state index contributed by atoms with van der Waals surface area (Å²) in [7, 11) is 0. The highest BCUT2D eigenvalue weighted by Crippen LogP contribution is 2.26. The molecule has 0 radical (unpaired) electrons. The number of aryl methyl sites for hydroxylation is 1. The first-order valence-corrected chi connectivity index (χ1v) is 6.60. The third kappa shape index (κ3) is 2.87. The van der Waals surface area contributed by atoms with Crippen molar-refractivity contribution in [2.24, 2.45) is 0 Å². The molecule has 2 aromatic heterocycles. The molecule has 0 aliphatic heterocycles. The molecule has 0 bridgehead atoms. The van der Waals surface area contributed by atoms with E-state index >= 15 is 0 Å². The van der Waals surface area contributed by atoms with Crippen molar-refractivity contribution in [1.82, 2.24) is 20.3 Å². The average Bonchev–Trinajstić information content (AvgIpc) is 2.78. The van der Waals surface area contributed by atoms with Gasteiger partial charge in [-0.15, -0.1) is 11.3 Å². The number of hydrogen-bond acceptors (Lipinski definition) is 5. The molecule has 0 amide bonds. The van der Waals surface area contributed by atoms with Gasteiger partial charge in [0.2, 0.25) is 0 Å². The fraction of sp³-hybridized carbons (Fsp3) is 0.417. The SMILES string of the molecule is CCCNC(c1cnccn1)c1scnc1C. The van der Waals surface area contributed by atoms with Crippen molar-refractivity contribution in [3.63, 3.8) is 0 Å². The summed E-state index contributed by atoms with van der Waals surface area (Å²) in [4.78, 5) is 14.0. The zero-order valence-electron chi connectivity index (χ0n) is 10.1. The van der Waals surface area contributed by atoms with E-state index in [9.17, 15) is 0 Å². The van der Waals surface area contributed by atoms with Gasteiger partial charge in [-0.05, 0) is 19.9 Å². The molecular weight excluding hydrogens is 232 g/mol. The van der Waals surface area contributed by atoms with Gasteiger partial charge >= 0.3 is 0 Å². The predicted molar refractivity (Wildman–Crippen MR) is 69.0 cm³/mol. The monoisotopic (exact) mass is 248 g/mol. The molecule has 0 spiro atoms. The lowest BCUT2D eigenvalue weighted by Gasteiger charge is -2.16. The van der Waals surface area contributed by atoms with Gasteiger partial charge in [-0.3, -0.25) is 9.97 Å². The number of rotatable bonds is 5. The smallest absolute Gasteiger partial charge is 0.0879 e. The first kappa shape index (κ1) is 12.1. The molecule has 17 heavy (non-hydrogen) atoms. The zero-order chi connectivity index (χ0) is 12.1. The molecule has 2 heterocycles. The first-order chi connectivity index (χ1) is 8.33. The van der Waals surface area contributed by atoms with Gasteiger partial charge in [0.05, 0.1) is 34.0 Å². The van der Waals surface area contributed by atoms with Crippen LogP contribution in [0.4, 0.5) is 0 Å². The second-order valence-electron chi connectivity index (χ2n) is 3.82. The van der Waals surface area contributed by atoms with Crippen molar-refractivity contribution in [3.05, 3.63) is 40.4 Å². The highest BCUT2D eigenvalue weighted by Gasteiger charge is 2.18. The zero-order valence-corrected chi connectivity index (χ0v) is 10.9. The Morgan fingerprint density at radius 2 is 2.24 bits per heavy atom. The summed E-state index contributed by atoms with van der Waals surface area (Å²) >= 11 is 1.66. The Morgan fingerprint density at radius 3 is 2.82 bits per heavy atom. The summed E-state index contributed by atoms with van der Waals surface area (Å²) < 4.78 is 0. The standard InChI is InChI=1S/C12H16N4S/c1-3-4-15-11(10-7-13-5-6-14-10)12-9(2)16-8-17-12/h5-8,11,15H,3-4H2,1-2H3. The van der Waals surface area contributed by atoms with Crippen molar-refractivity contribution >= 4 is 11.3 Å². The van der Waals surface area contributed by atoms with Crippen LogP contribution in [0.3, 0.4) is 0 Å². The number of thiazole rings is 1. The van der Waals surface area contributed by atoms with Crippen LogP contribution in [0.2, 0.25) is 0 Å². The van der Waals surface area contributed by atoms with E-state index in [1.54, 1.807) is 23.7 Å². The number of nitrogens with one attached hydrogen (secondary N) is 1. The molecule has 1 atom stereocenters. The van der Waals surface area contributed by atoms with E-state index < -0.39 is 0 Å². The highest BCUT2D eigenvalue weighted by atomic mass is 32.1. The van der Waals surface area contributed by atoms with E-state index in [2.05, 4.69) is 27.2 Å². The molecule has 0 saturated carbocycles. The molecule has 0 saturated heterocycles. The van der Waals surface area contributed by atoms with Crippen LogP contribution < -0.4 is 5.32 Å². The molecule has 0 aromatic carbocycles. The predicted octanol–water partition coefficient (Wildman–Crippen LogP) is 2.33. The van der Waals surface area contributed by atoms with Gasteiger partial charge in [0.1, 0.15) is 0 Å². The minimum Gasteiger partial charge on any atom is -0.304 e. The summed E-state index contributed by atoms with van der Waals surface area (Å²) in [5, 5.41) is 3.50. The fourth-order valence-electron chi connectivity index (χ4n) is 1.67. The van der Waals surface area contributed by atoms with E-state index in [4.69, 9.17) is 0 Å². The topological polar surface area (TPSA) is 50.7 Å². The Balaban J connectivity index is 2.29. The molecule has 2 rings (SSSR count). The van der Waals surface area contributed by atoms with Crippen molar-refractivity contribution in [3.8, 4) is 0 Å². The summed E-state index contributed by atoms with van der Waals surface area (Å²) in [6.45, 7) is 5.14. The van der Waals surface area contributed by atoms with Gasteiger partial charge in [0, 0.05) is 12.4 Å².